The SMILES string of the molecule is CC(C)n1nc(-c2cccc(C(F)(F)F)c2)nc1[C@@H]1CC[C@@H](N2CCOCC2)C1. The molecule has 2 aliphatic rings. The molecule has 0 radical (unpaired) electrons. The van der Waals surface area contributed by atoms with Gasteiger partial charge in [-0.05, 0) is 45.2 Å². The Morgan fingerprint density at radius 2 is 1.90 bits per heavy atom. The highest BCUT2D eigenvalue weighted by Crippen LogP contribution is 2.38. The molecule has 0 unspecified atom stereocenters. The summed E-state index contributed by atoms with van der Waals surface area (Å²) in [6, 6.07) is 5.88. The third-order valence-electron chi connectivity index (χ3n) is 5.93. The van der Waals surface area contributed by atoms with Gasteiger partial charge >= 0.3 is 6.18 Å². The number of morpholine rings is 1. The van der Waals surface area contributed by atoms with Crippen molar-refractivity contribution in [1.82, 2.24) is 19.7 Å². The largest absolute Gasteiger partial charge is 0.416 e. The zero-order valence-corrected chi connectivity index (χ0v) is 16.8. The van der Waals surface area contributed by atoms with E-state index >= 15 is 0 Å². The van der Waals surface area contributed by atoms with E-state index in [4.69, 9.17) is 9.72 Å². The van der Waals surface area contributed by atoms with E-state index in [0.29, 0.717) is 17.4 Å². The molecule has 1 saturated carbocycles. The first kappa shape index (κ1) is 20.3. The van der Waals surface area contributed by atoms with Crippen LogP contribution in [0.25, 0.3) is 11.4 Å². The summed E-state index contributed by atoms with van der Waals surface area (Å²) in [6.07, 6.45) is -1.24. The van der Waals surface area contributed by atoms with Crippen LogP contribution in [0.3, 0.4) is 0 Å². The summed E-state index contributed by atoms with van der Waals surface area (Å²) in [4.78, 5) is 7.22. The molecule has 2 atom stereocenters. The molecule has 0 amide bonds. The van der Waals surface area contributed by atoms with Crippen molar-refractivity contribution in [2.45, 2.75) is 57.3 Å². The van der Waals surface area contributed by atoms with Crippen LogP contribution in [0.15, 0.2) is 24.3 Å². The number of hydrogen-bond acceptors (Lipinski definition) is 4. The fraction of sp³-hybridized carbons (Fsp3) is 0.619. The predicted octanol–water partition coefficient (Wildman–Crippen LogP) is 4.51. The molecule has 0 bridgehead atoms. The smallest absolute Gasteiger partial charge is 0.379 e. The van der Waals surface area contributed by atoms with Crippen LogP contribution in [-0.2, 0) is 10.9 Å². The number of rotatable bonds is 4. The lowest BCUT2D eigenvalue weighted by molar-refractivity contribution is -0.137. The number of benzene rings is 1. The minimum atomic E-state index is -4.38. The molecule has 8 heteroatoms. The van der Waals surface area contributed by atoms with Gasteiger partial charge in [0, 0.05) is 36.7 Å². The van der Waals surface area contributed by atoms with Crippen molar-refractivity contribution in [3.05, 3.63) is 35.7 Å². The maximum atomic E-state index is 13.1. The molecule has 1 saturated heterocycles. The summed E-state index contributed by atoms with van der Waals surface area (Å²) < 4.78 is 46.7. The highest BCUT2D eigenvalue weighted by atomic mass is 19.4. The quantitative estimate of drug-likeness (QED) is 0.747. The van der Waals surface area contributed by atoms with Crippen molar-refractivity contribution in [2.24, 2.45) is 0 Å². The third kappa shape index (κ3) is 4.33. The Hall–Kier alpha value is -1.93. The van der Waals surface area contributed by atoms with E-state index in [9.17, 15) is 13.2 Å². The first-order valence-corrected chi connectivity index (χ1v) is 10.3. The van der Waals surface area contributed by atoms with Crippen LogP contribution in [0, 0.1) is 0 Å². The number of ether oxygens (including phenoxy) is 1. The van der Waals surface area contributed by atoms with Crippen LogP contribution in [0.2, 0.25) is 0 Å². The van der Waals surface area contributed by atoms with Crippen LogP contribution in [-0.4, -0.2) is 52.0 Å². The normalized spacial score (nSPS) is 23.8. The summed E-state index contributed by atoms with van der Waals surface area (Å²) in [7, 11) is 0. The van der Waals surface area contributed by atoms with Gasteiger partial charge in [0.2, 0.25) is 0 Å². The summed E-state index contributed by atoms with van der Waals surface area (Å²) in [5.74, 6) is 1.54. The van der Waals surface area contributed by atoms with Gasteiger partial charge in [-0.3, -0.25) is 4.90 Å². The van der Waals surface area contributed by atoms with E-state index in [1.165, 1.54) is 6.07 Å². The van der Waals surface area contributed by atoms with Gasteiger partial charge in [-0.2, -0.15) is 18.3 Å². The molecule has 2 aromatic rings. The summed E-state index contributed by atoms with van der Waals surface area (Å²) in [6.45, 7) is 7.55. The van der Waals surface area contributed by atoms with Crippen LogP contribution < -0.4 is 0 Å². The number of nitrogens with zero attached hydrogens (tertiary/aromatic N) is 4. The molecule has 2 fully saturated rings. The van der Waals surface area contributed by atoms with Gasteiger partial charge in [-0.15, -0.1) is 0 Å². The standard InChI is InChI=1S/C21H27F3N4O/c1-14(2)28-20(16-6-7-18(13-16)27-8-10-29-11-9-27)25-19(26-28)15-4-3-5-17(12-15)21(22,23)24/h3-5,12,14,16,18H,6-11,13H2,1-2H3/t16-,18-/m1/s1. The van der Waals surface area contributed by atoms with Crippen LogP contribution in [0.5, 0.6) is 0 Å². The van der Waals surface area contributed by atoms with E-state index in [0.717, 1.165) is 63.5 Å². The average Bonchev–Trinajstić information content (AvgIpc) is 3.35. The Labute approximate surface area is 168 Å². The van der Waals surface area contributed by atoms with Gasteiger partial charge in [0.05, 0.1) is 18.8 Å². The van der Waals surface area contributed by atoms with Gasteiger partial charge < -0.3 is 4.74 Å². The van der Waals surface area contributed by atoms with Gasteiger partial charge in [-0.1, -0.05) is 12.1 Å². The van der Waals surface area contributed by atoms with Gasteiger partial charge in [0.1, 0.15) is 5.82 Å². The number of alkyl halides is 3. The second-order valence-corrected chi connectivity index (χ2v) is 8.22. The van der Waals surface area contributed by atoms with E-state index in [1.54, 1.807) is 6.07 Å². The molecule has 158 valence electrons. The van der Waals surface area contributed by atoms with E-state index < -0.39 is 11.7 Å². The van der Waals surface area contributed by atoms with Crippen molar-refractivity contribution >= 4 is 0 Å². The van der Waals surface area contributed by atoms with E-state index in [-0.39, 0.29) is 12.0 Å². The Morgan fingerprint density at radius 3 is 2.59 bits per heavy atom. The molecule has 29 heavy (non-hydrogen) atoms. The first-order valence-electron chi connectivity index (χ1n) is 10.3. The molecule has 1 aromatic carbocycles. The van der Waals surface area contributed by atoms with Crippen molar-refractivity contribution in [3.63, 3.8) is 0 Å². The second-order valence-electron chi connectivity index (χ2n) is 8.22. The fourth-order valence-electron chi connectivity index (χ4n) is 4.42. The van der Waals surface area contributed by atoms with Gasteiger partial charge in [0.25, 0.3) is 0 Å². The zero-order chi connectivity index (χ0) is 20.6. The summed E-state index contributed by atoms with van der Waals surface area (Å²) >= 11 is 0. The Kier molecular flexibility index (Phi) is 5.66. The van der Waals surface area contributed by atoms with E-state index in [1.807, 2.05) is 18.5 Å². The van der Waals surface area contributed by atoms with Crippen LogP contribution in [0.1, 0.15) is 56.5 Å². The van der Waals surface area contributed by atoms with Crippen molar-refractivity contribution < 1.29 is 17.9 Å². The lowest BCUT2D eigenvalue weighted by atomic mass is 10.1. The minimum Gasteiger partial charge on any atom is -0.379 e. The molecule has 0 N–H and O–H groups in total. The molecular weight excluding hydrogens is 381 g/mol. The van der Waals surface area contributed by atoms with Gasteiger partial charge in [0.15, 0.2) is 5.82 Å². The Bertz CT molecular complexity index is 843. The molecule has 1 aliphatic heterocycles. The van der Waals surface area contributed by atoms with Crippen LogP contribution in [0.4, 0.5) is 13.2 Å². The lowest BCUT2D eigenvalue weighted by Gasteiger charge is -2.32. The number of halogens is 3. The minimum absolute atomic E-state index is 0.0967. The molecule has 2 heterocycles. The molecule has 5 nitrogen and oxygen atoms in total. The van der Waals surface area contributed by atoms with Crippen molar-refractivity contribution in [3.8, 4) is 11.4 Å². The summed E-state index contributed by atoms with van der Waals surface area (Å²) in [5, 5.41) is 4.59. The highest BCUT2D eigenvalue weighted by Gasteiger charge is 2.35. The average molecular weight is 408 g/mol. The monoisotopic (exact) mass is 408 g/mol. The number of hydrogen-bond donors (Lipinski definition) is 0. The fourth-order valence-corrected chi connectivity index (χ4v) is 4.42. The maximum absolute atomic E-state index is 13.1. The topological polar surface area (TPSA) is 43.2 Å². The first-order chi connectivity index (χ1) is 13.8. The third-order valence-corrected chi connectivity index (χ3v) is 5.93. The molecular formula is C21H27F3N4O. The second kappa shape index (κ2) is 8.07. The molecule has 1 aromatic heterocycles. The van der Waals surface area contributed by atoms with Gasteiger partial charge in [-0.25, -0.2) is 9.67 Å². The zero-order valence-electron chi connectivity index (χ0n) is 16.8. The van der Waals surface area contributed by atoms with Crippen LogP contribution >= 0.6 is 0 Å². The van der Waals surface area contributed by atoms with Crippen molar-refractivity contribution in [1.29, 1.82) is 0 Å². The highest BCUT2D eigenvalue weighted by molar-refractivity contribution is 5.56. The Balaban J connectivity index is 1.59. The van der Waals surface area contributed by atoms with E-state index in [2.05, 4.69) is 10.00 Å². The van der Waals surface area contributed by atoms with Crippen molar-refractivity contribution in [2.75, 3.05) is 26.3 Å². The lowest BCUT2D eigenvalue weighted by Crippen LogP contribution is -2.42. The molecule has 4 rings (SSSR count). The molecule has 1 aliphatic carbocycles. The predicted molar refractivity (Wildman–Crippen MR) is 104 cm³/mol. The number of aromatic nitrogens is 3. The summed E-state index contributed by atoms with van der Waals surface area (Å²) in [5.41, 5.74) is -0.270. The molecule has 0 spiro atoms. The Morgan fingerprint density at radius 1 is 1.14 bits per heavy atom. The maximum Gasteiger partial charge on any atom is 0.416 e.